The number of carbonyl (C=O) groups excluding carboxylic acids is 1. The number of halogens is 3. The van der Waals surface area contributed by atoms with Crippen LogP contribution in [0.15, 0.2) is 35.4 Å². The van der Waals surface area contributed by atoms with E-state index in [2.05, 4.69) is 16.4 Å². The quantitative estimate of drug-likeness (QED) is 0.782. The van der Waals surface area contributed by atoms with Crippen molar-refractivity contribution >= 4 is 23.4 Å². The Bertz CT molecular complexity index is 875. The maximum absolute atomic E-state index is 12.8. The molecule has 1 aromatic carbocycles. The molecule has 0 spiro atoms. The summed E-state index contributed by atoms with van der Waals surface area (Å²) in [6.45, 7) is 5.17. The van der Waals surface area contributed by atoms with Crippen LogP contribution in [0.2, 0.25) is 0 Å². The first-order valence-electron chi connectivity index (χ1n) is 7.65. The predicted molar refractivity (Wildman–Crippen MR) is 93.8 cm³/mol. The highest BCUT2D eigenvalue weighted by Gasteiger charge is 2.30. The lowest BCUT2D eigenvalue weighted by Crippen LogP contribution is -2.23. The summed E-state index contributed by atoms with van der Waals surface area (Å²) in [7, 11) is 0. The van der Waals surface area contributed by atoms with Gasteiger partial charge in [-0.2, -0.15) is 18.4 Å². The maximum Gasteiger partial charge on any atom is 0.416 e. The third kappa shape index (κ3) is 4.76. The topological polar surface area (TPSA) is 65.8 Å². The first kappa shape index (κ1) is 19.8. The van der Waals surface area contributed by atoms with Crippen molar-refractivity contribution < 1.29 is 18.0 Å². The van der Waals surface area contributed by atoms with Gasteiger partial charge in [0.2, 0.25) is 5.91 Å². The second-order valence-corrected chi connectivity index (χ2v) is 7.03. The van der Waals surface area contributed by atoms with Crippen LogP contribution in [0, 0.1) is 25.2 Å². The van der Waals surface area contributed by atoms with Gasteiger partial charge < -0.3 is 5.32 Å². The SMILES string of the molecule is Cc1cc(C)c(C#N)c(SC(C)C(=O)Nc2cccc(C(F)(F)F)c2)n1. The molecule has 1 unspecified atom stereocenters. The summed E-state index contributed by atoms with van der Waals surface area (Å²) < 4.78 is 38.3. The van der Waals surface area contributed by atoms with Gasteiger partial charge in [0.1, 0.15) is 11.1 Å². The molecule has 1 heterocycles. The molecule has 4 nitrogen and oxygen atoms in total. The van der Waals surface area contributed by atoms with Crippen LogP contribution >= 0.6 is 11.8 Å². The number of carbonyl (C=O) groups is 1. The molecule has 136 valence electrons. The van der Waals surface area contributed by atoms with E-state index in [0.717, 1.165) is 35.2 Å². The molecule has 2 rings (SSSR count). The highest BCUT2D eigenvalue weighted by molar-refractivity contribution is 8.00. The smallest absolute Gasteiger partial charge is 0.325 e. The van der Waals surface area contributed by atoms with Crippen molar-refractivity contribution in [3.8, 4) is 6.07 Å². The van der Waals surface area contributed by atoms with Crippen molar-refractivity contribution in [3.63, 3.8) is 0 Å². The number of aryl methyl sites for hydroxylation is 2. The van der Waals surface area contributed by atoms with Gasteiger partial charge in [0.05, 0.1) is 16.4 Å². The van der Waals surface area contributed by atoms with Crippen LogP contribution in [0.1, 0.15) is 29.3 Å². The van der Waals surface area contributed by atoms with Crippen LogP contribution in [0.25, 0.3) is 0 Å². The van der Waals surface area contributed by atoms with E-state index in [9.17, 15) is 23.2 Å². The molecule has 0 fully saturated rings. The molecule has 0 aliphatic carbocycles. The molecule has 1 aromatic heterocycles. The molecular formula is C18H16F3N3OS. The van der Waals surface area contributed by atoms with Gasteiger partial charge in [-0.25, -0.2) is 4.98 Å². The third-order valence-electron chi connectivity index (χ3n) is 3.54. The van der Waals surface area contributed by atoms with Gasteiger partial charge in [0, 0.05) is 11.4 Å². The number of alkyl halides is 3. The zero-order valence-corrected chi connectivity index (χ0v) is 15.1. The number of hydrogen-bond donors (Lipinski definition) is 1. The van der Waals surface area contributed by atoms with Crippen LogP contribution < -0.4 is 5.32 Å². The second-order valence-electron chi connectivity index (χ2n) is 5.70. The molecule has 0 saturated carbocycles. The molecule has 0 radical (unpaired) electrons. The second kappa shape index (κ2) is 7.79. The average Bonchev–Trinajstić information content (AvgIpc) is 2.54. The van der Waals surface area contributed by atoms with Crippen molar-refractivity contribution in [2.24, 2.45) is 0 Å². The Kier molecular flexibility index (Phi) is 5.93. The summed E-state index contributed by atoms with van der Waals surface area (Å²) in [5, 5.41) is 11.5. The maximum atomic E-state index is 12.8. The van der Waals surface area contributed by atoms with Gasteiger partial charge >= 0.3 is 6.18 Å². The van der Waals surface area contributed by atoms with E-state index in [1.807, 2.05) is 0 Å². The van der Waals surface area contributed by atoms with Crippen molar-refractivity contribution in [3.05, 3.63) is 52.7 Å². The number of rotatable bonds is 4. The third-order valence-corrected chi connectivity index (χ3v) is 4.62. The summed E-state index contributed by atoms with van der Waals surface area (Å²) in [5.41, 5.74) is 1.09. The van der Waals surface area contributed by atoms with E-state index in [4.69, 9.17) is 0 Å². The van der Waals surface area contributed by atoms with E-state index < -0.39 is 22.9 Å². The predicted octanol–water partition coefficient (Wildman–Crippen LogP) is 4.71. The number of amides is 1. The Morgan fingerprint density at radius 3 is 2.62 bits per heavy atom. The van der Waals surface area contributed by atoms with E-state index in [1.54, 1.807) is 26.8 Å². The number of thioether (sulfide) groups is 1. The van der Waals surface area contributed by atoms with Gasteiger partial charge in [-0.05, 0) is 50.6 Å². The van der Waals surface area contributed by atoms with E-state index in [-0.39, 0.29) is 5.69 Å². The summed E-state index contributed by atoms with van der Waals surface area (Å²) in [6.07, 6.45) is -4.48. The standard InChI is InChI=1S/C18H16F3N3OS/c1-10-7-11(2)23-17(15(10)9-22)26-12(3)16(25)24-14-6-4-5-13(8-14)18(19,20)21/h4-8,12H,1-3H3,(H,24,25). The van der Waals surface area contributed by atoms with Crippen molar-refractivity contribution in [1.82, 2.24) is 4.98 Å². The van der Waals surface area contributed by atoms with Crippen LogP contribution in [0.3, 0.4) is 0 Å². The lowest BCUT2D eigenvalue weighted by Gasteiger charge is -2.14. The zero-order valence-electron chi connectivity index (χ0n) is 14.3. The van der Waals surface area contributed by atoms with Gasteiger partial charge in [0.25, 0.3) is 0 Å². The summed E-state index contributed by atoms with van der Waals surface area (Å²) in [4.78, 5) is 16.6. The minimum absolute atomic E-state index is 0.0613. The fourth-order valence-electron chi connectivity index (χ4n) is 2.26. The Morgan fingerprint density at radius 1 is 1.31 bits per heavy atom. The molecule has 0 aliphatic rings. The number of nitriles is 1. The molecule has 1 N–H and O–H groups in total. The van der Waals surface area contributed by atoms with Crippen molar-refractivity contribution in [1.29, 1.82) is 5.26 Å². The monoisotopic (exact) mass is 379 g/mol. The lowest BCUT2D eigenvalue weighted by molar-refractivity contribution is -0.137. The molecule has 0 bridgehead atoms. The Labute approximate surface area is 153 Å². The number of benzene rings is 1. The number of pyridine rings is 1. The number of aromatic nitrogens is 1. The molecular weight excluding hydrogens is 363 g/mol. The van der Waals surface area contributed by atoms with Crippen LogP contribution in [-0.2, 0) is 11.0 Å². The van der Waals surface area contributed by atoms with Crippen LogP contribution in [0.4, 0.5) is 18.9 Å². The van der Waals surface area contributed by atoms with Gasteiger partial charge in [-0.1, -0.05) is 17.8 Å². The van der Waals surface area contributed by atoms with Gasteiger partial charge in [0.15, 0.2) is 0 Å². The molecule has 1 atom stereocenters. The highest BCUT2D eigenvalue weighted by Crippen LogP contribution is 2.31. The lowest BCUT2D eigenvalue weighted by atomic mass is 10.1. The molecule has 26 heavy (non-hydrogen) atoms. The van der Waals surface area contributed by atoms with Crippen LogP contribution in [-0.4, -0.2) is 16.1 Å². The van der Waals surface area contributed by atoms with E-state index >= 15 is 0 Å². The number of anilines is 1. The summed E-state index contributed by atoms with van der Waals surface area (Å²) >= 11 is 1.09. The molecule has 1 amide bonds. The van der Waals surface area contributed by atoms with Gasteiger partial charge in [-0.15, -0.1) is 0 Å². The fourth-order valence-corrected chi connectivity index (χ4v) is 3.28. The summed E-state index contributed by atoms with van der Waals surface area (Å²) in [5.74, 6) is -0.473. The minimum atomic E-state index is -4.48. The zero-order chi connectivity index (χ0) is 19.5. The van der Waals surface area contributed by atoms with Crippen LogP contribution in [0.5, 0.6) is 0 Å². The van der Waals surface area contributed by atoms with Crippen molar-refractivity contribution in [2.75, 3.05) is 5.32 Å². The number of nitrogens with one attached hydrogen (secondary N) is 1. The Balaban J connectivity index is 2.16. The normalized spacial score (nSPS) is 12.3. The Morgan fingerprint density at radius 2 is 2.00 bits per heavy atom. The largest absolute Gasteiger partial charge is 0.416 e. The number of nitrogens with zero attached hydrogens (tertiary/aromatic N) is 2. The van der Waals surface area contributed by atoms with Gasteiger partial charge in [-0.3, -0.25) is 4.79 Å². The summed E-state index contributed by atoms with van der Waals surface area (Å²) in [6, 6.07) is 8.28. The average molecular weight is 379 g/mol. The molecule has 8 heteroatoms. The first-order chi connectivity index (χ1) is 12.1. The number of hydrogen-bond acceptors (Lipinski definition) is 4. The van der Waals surface area contributed by atoms with E-state index in [1.165, 1.54) is 12.1 Å². The molecule has 0 aliphatic heterocycles. The Hall–Kier alpha value is -2.53. The van der Waals surface area contributed by atoms with Crippen molar-refractivity contribution in [2.45, 2.75) is 37.2 Å². The fraction of sp³-hybridized carbons (Fsp3) is 0.278. The first-order valence-corrected chi connectivity index (χ1v) is 8.53. The van der Waals surface area contributed by atoms with E-state index in [0.29, 0.717) is 10.6 Å². The molecule has 2 aromatic rings. The molecule has 0 saturated heterocycles. The minimum Gasteiger partial charge on any atom is -0.325 e. The highest BCUT2D eigenvalue weighted by atomic mass is 32.2.